The molecule has 1 aliphatic heterocycles. The Morgan fingerprint density at radius 3 is 2.72 bits per heavy atom. The van der Waals surface area contributed by atoms with Crippen molar-refractivity contribution >= 4 is 17.5 Å². The summed E-state index contributed by atoms with van der Waals surface area (Å²) in [7, 11) is 0. The lowest BCUT2D eigenvalue weighted by atomic mass is 10.1. The van der Waals surface area contributed by atoms with Crippen molar-refractivity contribution in [1.29, 1.82) is 0 Å². The summed E-state index contributed by atoms with van der Waals surface area (Å²) in [5, 5.41) is 2.81. The molecule has 4 rings (SSSR count). The first-order chi connectivity index (χ1) is 15.2. The molecule has 32 heavy (non-hydrogen) atoms. The Balaban J connectivity index is 1.40. The monoisotopic (exact) mass is 443 g/mol. The average molecular weight is 443 g/mol. The fraction of sp³-hybridized carbons (Fsp3) is 0.273. The Kier molecular flexibility index (Phi) is 5.68. The zero-order chi connectivity index (χ0) is 22.9. The molecule has 166 valence electrons. The van der Waals surface area contributed by atoms with Gasteiger partial charge in [0.15, 0.2) is 0 Å². The molecule has 2 aromatic heterocycles. The number of anilines is 1. The number of alkyl halides is 3. The molecule has 7 nitrogen and oxygen atoms in total. The zero-order valence-electron chi connectivity index (χ0n) is 17.1. The van der Waals surface area contributed by atoms with E-state index in [9.17, 15) is 22.8 Å². The van der Waals surface area contributed by atoms with Gasteiger partial charge in [0, 0.05) is 43.8 Å². The molecule has 0 spiro atoms. The molecule has 0 bridgehead atoms. The van der Waals surface area contributed by atoms with Crippen LogP contribution in [0.15, 0.2) is 55.0 Å². The summed E-state index contributed by atoms with van der Waals surface area (Å²) in [6.07, 6.45) is 0.516. The molecule has 3 aromatic rings. The van der Waals surface area contributed by atoms with Gasteiger partial charge in [0.05, 0.1) is 11.5 Å². The van der Waals surface area contributed by atoms with E-state index in [4.69, 9.17) is 0 Å². The fourth-order valence-electron chi connectivity index (χ4n) is 3.64. The topological polar surface area (TPSA) is 80.1 Å². The van der Waals surface area contributed by atoms with Crippen LogP contribution in [0.25, 0.3) is 5.82 Å². The van der Waals surface area contributed by atoms with E-state index in [1.807, 2.05) is 17.6 Å². The normalized spacial score (nSPS) is 16.4. The van der Waals surface area contributed by atoms with Crippen LogP contribution in [0.3, 0.4) is 0 Å². The van der Waals surface area contributed by atoms with E-state index in [1.54, 1.807) is 24.7 Å². The van der Waals surface area contributed by atoms with Gasteiger partial charge in [-0.2, -0.15) is 13.2 Å². The molecular weight excluding hydrogens is 423 g/mol. The highest BCUT2D eigenvalue weighted by Gasteiger charge is 2.36. The number of benzene rings is 1. The molecule has 1 fully saturated rings. The summed E-state index contributed by atoms with van der Waals surface area (Å²) < 4.78 is 40.8. The van der Waals surface area contributed by atoms with E-state index in [0.29, 0.717) is 5.82 Å². The number of halogens is 3. The van der Waals surface area contributed by atoms with Crippen LogP contribution in [0, 0.1) is 12.8 Å². The van der Waals surface area contributed by atoms with Crippen LogP contribution < -0.4 is 10.2 Å². The smallest absolute Gasteiger partial charge is 0.352 e. The third kappa shape index (κ3) is 4.48. The Morgan fingerprint density at radius 1 is 1.19 bits per heavy atom. The molecule has 0 unspecified atom stereocenters. The maximum atomic E-state index is 13.0. The predicted octanol–water partition coefficient (Wildman–Crippen LogP) is 3.26. The lowest BCUT2D eigenvalue weighted by Gasteiger charge is -2.18. The first-order valence-electron chi connectivity index (χ1n) is 9.93. The van der Waals surface area contributed by atoms with Gasteiger partial charge in [-0.3, -0.25) is 14.2 Å². The van der Waals surface area contributed by atoms with Crippen molar-refractivity contribution in [2.24, 2.45) is 5.92 Å². The third-order valence-corrected chi connectivity index (χ3v) is 5.33. The Morgan fingerprint density at radius 2 is 2.00 bits per heavy atom. The van der Waals surface area contributed by atoms with Crippen molar-refractivity contribution in [2.75, 3.05) is 11.4 Å². The van der Waals surface area contributed by atoms with Crippen LogP contribution in [-0.2, 0) is 22.3 Å². The number of imidazole rings is 1. The highest BCUT2D eigenvalue weighted by Crippen LogP contribution is 2.33. The molecule has 1 saturated heterocycles. The number of carbonyl (C=O) groups excluding carboxylic acids is 2. The molecular formula is C22H20F3N5O2. The van der Waals surface area contributed by atoms with E-state index < -0.39 is 17.7 Å². The van der Waals surface area contributed by atoms with Gasteiger partial charge in [0.2, 0.25) is 11.8 Å². The van der Waals surface area contributed by atoms with E-state index in [2.05, 4.69) is 15.3 Å². The largest absolute Gasteiger partial charge is 0.416 e. The van der Waals surface area contributed by atoms with Crippen LogP contribution in [0.2, 0.25) is 0 Å². The predicted molar refractivity (Wildman–Crippen MR) is 110 cm³/mol. The minimum Gasteiger partial charge on any atom is -0.352 e. The maximum absolute atomic E-state index is 13.0. The second-order valence-electron chi connectivity index (χ2n) is 7.54. The molecule has 0 aliphatic carbocycles. The van der Waals surface area contributed by atoms with Gasteiger partial charge >= 0.3 is 6.18 Å². The molecule has 1 atom stereocenters. The summed E-state index contributed by atoms with van der Waals surface area (Å²) in [5.74, 6) is 0.0850. The minimum absolute atomic E-state index is 0.0296. The van der Waals surface area contributed by atoms with Crippen molar-refractivity contribution in [1.82, 2.24) is 19.9 Å². The van der Waals surface area contributed by atoms with Crippen LogP contribution in [0.4, 0.5) is 18.9 Å². The number of aryl methyl sites for hydroxylation is 1. The number of rotatable bonds is 5. The summed E-state index contributed by atoms with van der Waals surface area (Å²) in [4.78, 5) is 34.7. The highest BCUT2D eigenvalue weighted by atomic mass is 19.4. The van der Waals surface area contributed by atoms with Crippen LogP contribution in [0.5, 0.6) is 0 Å². The van der Waals surface area contributed by atoms with Gasteiger partial charge < -0.3 is 10.2 Å². The second kappa shape index (κ2) is 8.45. The molecule has 10 heteroatoms. The number of pyridine rings is 1. The van der Waals surface area contributed by atoms with Crippen molar-refractivity contribution < 1.29 is 22.8 Å². The molecule has 1 aliphatic rings. The Hall–Kier alpha value is -3.69. The van der Waals surface area contributed by atoms with Gasteiger partial charge in [-0.05, 0) is 42.8 Å². The maximum Gasteiger partial charge on any atom is 0.416 e. The Labute approximate surface area is 181 Å². The quantitative estimate of drug-likeness (QED) is 0.657. The van der Waals surface area contributed by atoms with Gasteiger partial charge in [-0.15, -0.1) is 0 Å². The van der Waals surface area contributed by atoms with Crippen LogP contribution >= 0.6 is 0 Å². The standard InChI is InChI=1S/C22H20F3N5O2/c1-14-26-7-8-29(14)19-9-15(5-6-27-19)12-28-21(32)16-10-20(31)30(13-16)18-4-2-3-17(11-18)22(23,24)25/h2-9,11,16H,10,12-13H2,1H3,(H,28,32)/t16-/m1/s1. The van der Waals surface area contributed by atoms with Crippen molar-refractivity contribution in [2.45, 2.75) is 26.1 Å². The van der Waals surface area contributed by atoms with Crippen molar-refractivity contribution in [3.05, 3.63) is 71.9 Å². The zero-order valence-corrected chi connectivity index (χ0v) is 17.1. The molecule has 1 aromatic carbocycles. The third-order valence-electron chi connectivity index (χ3n) is 5.33. The Bertz CT molecular complexity index is 1160. The molecule has 1 N–H and O–H groups in total. The number of nitrogens with one attached hydrogen (secondary N) is 1. The van der Waals surface area contributed by atoms with Gasteiger partial charge in [0.1, 0.15) is 11.6 Å². The number of nitrogens with zero attached hydrogens (tertiary/aromatic N) is 4. The average Bonchev–Trinajstić information content (AvgIpc) is 3.37. The van der Waals surface area contributed by atoms with E-state index in [1.165, 1.54) is 17.0 Å². The van der Waals surface area contributed by atoms with Gasteiger partial charge in [-0.1, -0.05) is 6.07 Å². The summed E-state index contributed by atoms with van der Waals surface area (Å²) in [6.45, 7) is 2.11. The highest BCUT2D eigenvalue weighted by molar-refractivity contribution is 6.00. The van der Waals surface area contributed by atoms with E-state index in [0.717, 1.165) is 23.5 Å². The number of carbonyl (C=O) groups is 2. The molecule has 3 heterocycles. The fourth-order valence-corrected chi connectivity index (χ4v) is 3.64. The summed E-state index contributed by atoms with van der Waals surface area (Å²) in [6, 6.07) is 8.15. The van der Waals surface area contributed by atoms with E-state index in [-0.39, 0.29) is 37.0 Å². The van der Waals surface area contributed by atoms with Gasteiger partial charge in [-0.25, -0.2) is 9.97 Å². The van der Waals surface area contributed by atoms with Crippen molar-refractivity contribution in [3.63, 3.8) is 0 Å². The lowest BCUT2D eigenvalue weighted by Crippen LogP contribution is -2.32. The molecule has 0 radical (unpaired) electrons. The SMILES string of the molecule is Cc1nccn1-c1cc(CNC(=O)[C@@H]2CC(=O)N(c3cccc(C(F)(F)F)c3)C2)ccn1. The number of hydrogen-bond donors (Lipinski definition) is 1. The summed E-state index contributed by atoms with van der Waals surface area (Å²) >= 11 is 0. The van der Waals surface area contributed by atoms with Crippen molar-refractivity contribution in [3.8, 4) is 5.82 Å². The lowest BCUT2D eigenvalue weighted by molar-refractivity contribution is -0.137. The van der Waals surface area contributed by atoms with Gasteiger partial charge in [0.25, 0.3) is 0 Å². The van der Waals surface area contributed by atoms with E-state index >= 15 is 0 Å². The van der Waals surface area contributed by atoms with Crippen LogP contribution in [-0.4, -0.2) is 32.9 Å². The van der Waals surface area contributed by atoms with Crippen LogP contribution in [0.1, 0.15) is 23.4 Å². The molecule has 2 amide bonds. The summed E-state index contributed by atoms with van der Waals surface area (Å²) in [5.41, 5.74) is 0.113. The minimum atomic E-state index is -4.51. The number of amides is 2. The molecule has 0 saturated carbocycles. The first kappa shape index (κ1) is 21.5. The number of hydrogen-bond acceptors (Lipinski definition) is 4. The second-order valence-corrected chi connectivity index (χ2v) is 7.54. The first-order valence-corrected chi connectivity index (χ1v) is 9.93. The number of aromatic nitrogens is 3.